The van der Waals surface area contributed by atoms with Crippen LogP contribution >= 0.6 is 0 Å². The van der Waals surface area contributed by atoms with Gasteiger partial charge in [-0.15, -0.1) is 0 Å². The molecule has 1 aliphatic heterocycles. The largest absolute Gasteiger partial charge is 0.381 e. The molecule has 1 fully saturated rings. The van der Waals surface area contributed by atoms with Gasteiger partial charge < -0.3 is 20.5 Å². The van der Waals surface area contributed by atoms with E-state index in [0.717, 1.165) is 43.7 Å². The molecule has 2 aromatic rings. The minimum Gasteiger partial charge on any atom is -0.381 e. The first-order chi connectivity index (χ1) is 13.2. The maximum atomic E-state index is 6.01. The molecular weight excluding hydrogens is 338 g/mol. The van der Waals surface area contributed by atoms with Crippen LogP contribution in [0.4, 0.5) is 5.69 Å². The summed E-state index contributed by atoms with van der Waals surface area (Å²) >= 11 is 0. The molecule has 5 nitrogen and oxygen atoms in total. The minimum absolute atomic E-state index is 0.320. The molecule has 0 aromatic heterocycles. The van der Waals surface area contributed by atoms with Crippen molar-refractivity contribution in [2.24, 2.45) is 10.7 Å². The minimum atomic E-state index is 0.320. The zero-order chi connectivity index (χ0) is 18.9. The first-order valence-corrected chi connectivity index (χ1v) is 9.66. The first kappa shape index (κ1) is 19.4. The maximum absolute atomic E-state index is 6.01. The molecule has 0 saturated carbocycles. The van der Waals surface area contributed by atoms with E-state index in [2.05, 4.69) is 53.6 Å². The second-order valence-electron chi connectivity index (χ2n) is 6.82. The topological polar surface area (TPSA) is 68.9 Å². The van der Waals surface area contributed by atoms with Gasteiger partial charge in [-0.25, -0.2) is 4.99 Å². The van der Waals surface area contributed by atoms with E-state index in [1.54, 1.807) is 0 Å². The van der Waals surface area contributed by atoms with Gasteiger partial charge in [0, 0.05) is 18.9 Å². The van der Waals surface area contributed by atoms with Crippen LogP contribution in [0.2, 0.25) is 0 Å². The summed E-state index contributed by atoms with van der Waals surface area (Å²) in [4.78, 5) is 4.43. The van der Waals surface area contributed by atoms with Crippen LogP contribution in [0.25, 0.3) is 0 Å². The predicted molar refractivity (Wildman–Crippen MR) is 110 cm³/mol. The number of nitrogens with one attached hydrogen (secondary N) is 1. The Morgan fingerprint density at radius 2 is 1.85 bits per heavy atom. The number of benzene rings is 2. The number of hydrogen-bond donors (Lipinski definition) is 2. The van der Waals surface area contributed by atoms with Crippen molar-refractivity contribution in [3.05, 3.63) is 65.2 Å². The zero-order valence-electron chi connectivity index (χ0n) is 16.0. The molecule has 27 heavy (non-hydrogen) atoms. The second kappa shape index (κ2) is 10.1. The molecule has 2 aromatic carbocycles. The number of nitrogens with zero attached hydrogens (tertiary/aromatic N) is 1. The van der Waals surface area contributed by atoms with Gasteiger partial charge in [0.25, 0.3) is 0 Å². The van der Waals surface area contributed by atoms with E-state index in [1.165, 1.54) is 11.1 Å². The Labute approximate surface area is 161 Å². The van der Waals surface area contributed by atoms with E-state index in [1.807, 2.05) is 12.1 Å². The molecule has 0 bridgehead atoms. The Hall–Kier alpha value is -2.37. The standard InChI is InChI=1S/C22H29N3O2/c1-2-17-4-3-5-20(14-17)25-22(23)24-15-18-6-8-19(9-7-18)16-27-21-10-12-26-13-11-21/h3-9,14,21H,2,10-13,15-16H2,1H3,(H3,23,24,25). The molecule has 0 unspecified atom stereocenters. The number of guanidine groups is 1. The van der Waals surface area contributed by atoms with Crippen LogP contribution in [0.15, 0.2) is 53.5 Å². The lowest BCUT2D eigenvalue weighted by Crippen LogP contribution is -2.23. The molecule has 0 aliphatic carbocycles. The normalized spacial score (nSPS) is 15.7. The molecule has 0 spiro atoms. The number of nitrogens with two attached hydrogens (primary N) is 1. The molecular formula is C22H29N3O2. The number of aryl methyl sites for hydroxylation is 1. The van der Waals surface area contributed by atoms with Crippen LogP contribution in [0.3, 0.4) is 0 Å². The lowest BCUT2D eigenvalue weighted by atomic mass is 10.1. The summed E-state index contributed by atoms with van der Waals surface area (Å²) in [6.45, 7) is 4.94. The lowest BCUT2D eigenvalue weighted by molar-refractivity contribution is -0.0390. The van der Waals surface area contributed by atoms with Crippen LogP contribution in [0.1, 0.15) is 36.5 Å². The molecule has 1 saturated heterocycles. The molecule has 5 heteroatoms. The molecule has 1 heterocycles. The summed E-state index contributed by atoms with van der Waals surface area (Å²) in [6, 6.07) is 16.6. The van der Waals surface area contributed by atoms with Crippen LogP contribution in [-0.2, 0) is 29.0 Å². The quantitative estimate of drug-likeness (QED) is 0.576. The van der Waals surface area contributed by atoms with Crippen LogP contribution in [0.5, 0.6) is 0 Å². The third-order valence-corrected chi connectivity index (χ3v) is 4.72. The van der Waals surface area contributed by atoms with Crippen molar-refractivity contribution in [2.75, 3.05) is 18.5 Å². The maximum Gasteiger partial charge on any atom is 0.193 e. The SMILES string of the molecule is CCc1cccc(NC(N)=NCc2ccc(COC3CCOCC3)cc2)c1. The Bertz CT molecular complexity index is 737. The van der Waals surface area contributed by atoms with Gasteiger partial charge >= 0.3 is 0 Å². The van der Waals surface area contributed by atoms with Gasteiger partial charge in [-0.2, -0.15) is 0 Å². The highest BCUT2D eigenvalue weighted by atomic mass is 16.5. The smallest absolute Gasteiger partial charge is 0.193 e. The number of hydrogen-bond acceptors (Lipinski definition) is 3. The Balaban J connectivity index is 1.47. The first-order valence-electron chi connectivity index (χ1n) is 9.66. The van der Waals surface area contributed by atoms with Crippen molar-refractivity contribution >= 4 is 11.6 Å². The number of ether oxygens (including phenoxy) is 2. The van der Waals surface area contributed by atoms with E-state index in [4.69, 9.17) is 15.2 Å². The molecule has 0 atom stereocenters. The van der Waals surface area contributed by atoms with Crippen molar-refractivity contribution in [3.8, 4) is 0 Å². The molecule has 3 N–H and O–H groups in total. The van der Waals surface area contributed by atoms with Crippen molar-refractivity contribution in [1.82, 2.24) is 0 Å². The van der Waals surface area contributed by atoms with Gasteiger partial charge in [0.2, 0.25) is 0 Å². The Kier molecular flexibility index (Phi) is 7.25. The summed E-state index contributed by atoms with van der Waals surface area (Å²) in [5.41, 5.74) is 10.6. The summed E-state index contributed by atoms with van der Waals surface area (Å²) in [5, 5.41) is 3.15. The number of aliphatic imine (C=N–C) groups is 1. The molecule has 3 rings (SSSR count). The molecule has 0 radical (unpaired) electrons. The van der Waals surface area contributed by atoms with Gasteiger partial charge in [0.15, 0.2) is 5.96 Å². The van der Waals surface area contributed by atoms with Crippen LogP contribution in [0, 0.1) is 0 Å². The van der Waals surface area contributed by atoms with E-state index < -0.39 is 0 Å². The second-order valence-corrected chi connectivity index (χ2v) is 6.82. The monoisotopic (exact) mass is 367 g/mol. The van der Waals surface area contributed by atoms with Crippen LogP contribution in [-0.4, -0.2) is 25.3 Å². The van der Waals surface area contributed by atoms with Crippen molar-refractivity contribution in [1.29, 1.82) is 0 Å². The van der Waals surface area contributed by atoms with Gasteiger partial charge in [0.05, 0.1) is 19.3 Å². The van der Waals surface area contributed by atoms with E-state index in [9.17, 15) is 0 Å². The van der Waals surface area contributed by atoms with Crippen molar-refractivity contribution in [2.45, 2.75) is 45.4 Å². The molecule has 0 amide bonds. The van der Waals surface area contributed by atoms with Gasteiger partial charge in [-0.05, 0) is 48.1 Å². The molecule has 144 valence electrons. The van der Waals surface area contributed by atoms with E-state index in [0.29, 0.717) is 25.2 Å². The van der Waals surface area contributed by atoms with Crippen LogP contribution < -0.4 is 11.1 Å². The van der Waals surface area contributed by atoms with E-state index in [-0.39, 0.29) is 0 Å². The average Bonchev–Trinajstić information content (AvgIpc) is 2.72. The fourth-order valence-corrected chi connectivity index (χ4v) is 3.03. The summed E-state index contributed by atoms with van der Waals surface area (Å²) < 4.78 is 11.3. The highest BCUT2D eigenvalue weighted by molar-refractivity contribution is 5.92. The zero-order valence-corrected chi connectivity index (χ0v) is 16.0. The summed E-state index contributed by atoms with van der Waals surface area (Å²) in [6.07, 6.45) is 3.29. The fourth-order valence-electron chi connectivity index (χ4n) is 3.03. The van der Waals surface area contributed by atoms with E-state index >= 15 is 0 Å². The highest BCUT2D eigenvalue weighted by Gasteiger charge is 2.13. The summed E-state index contributed by atoms with van der Waals surface area (Å²) in [5.74, 6) is 0.426. The predicted octanol–water partition coefficient (Wildman–Crippen LogP) is 3.87. The average molecular weight is 367 g/mol. The number of anilines is 1. The van der Waals surface area contributed by atoms with Gasteiger partial charge in [-0.1, -0.05) is 43.3 Å². The summed E-state index contributed by atoms with van der Waals surface area (Å²) in [7, 11) is 0. The van der Waals surface area contributed by atoms with Gasteiger partial charge in [0.1, 0.15) is 0 Å². The Morgan fingerprint density at radius 1 is 1.11 bits per heavy atom. The number of rotatable bonds is 7. The third-order valence-electron chi connectivity index (χ3n) is 4.72. The van der Waals surface area contributed by atoms with Crippen molar-refractivity contribution in [3.63, 3.8) is 0 Å². The highest BCUT2D eigenvalue weighted by Crippen LogP contribution is 2.14. The van der Waals surface area contributed by atoms with Crippen molar-refractivity contribution < 1.29 is 9.47 Å². The van der Waals surface area contributed by atoms with Gasteiger partial charge in [-0.3, -0.25) is 0 Å². The Morgan fingerprint density at radius 3 is 2.59 bits per heavy atom. The fraction of sp³-hybridized carbons (Fsp3) is 0.409. The lowest BCUT2D eigenvalue weighted by Gasteiger charge is -2.22. The molecule has 1 aliphatic rings. The third kappa shape index (κ3) is 6.38.